The van der Waals surface area contributed by atoms with Crippen LogP contribution in [-0.2, 0) is 11.2 Å². The molecule has 0 aliphatic heterocycles. The second-order valence-electron chi connectivity index (χ2n) is 4.85. The SMILES string of the molecule is Cc1coc(CC(=O)O)c1C(=O)NCCOc1cccc(F)c1. The van der Waals surface area contributed by atoms with Crippen molar-refractivity contribution < 1.29 is 28.2 Å². The van der Waals surface area contributed by atoms with E-state index in [0.29, 0.717) is 11.3 Å². The zero-order valence-corrected chi connectivity index (χ0v) is 12.5. The fourth-order valence-corrected chi connectivity index (χ4v) is 2.05. The number of halogens is 1. The van der Waals surface area contributed by atoms with Gasteiger partial charge < -0.3 is 19.6 Å². The molecule has 0 unspecified atom stereocenters. The summed E-state index contributed by atoms with van der Waals surface area (Å²) in [6.45, 7) is 2.00. The first-order valence-corrected chi connectivity index (χ1v) is 6.92. The first kappa shape index (κ1) is 16.5. The van der Waals surface area contributed by atoms with E-state index in [9.17, 15) is 14.0 Å². The van der Waals surface area contributed by atoms with Crippen molar-refractivity contribution in [3.63, 3.8) is 0 Å². The van der Waals surface area contributed by atoms with Gasteiger partial charge in [0.15, 0.2) is 0 Å². The number of ether oxygens (including phenoxy) is 1. The number of carboxylic acids is 1. The second kappa shape index (κ2) is 7.44. The molecule has 1 aromatic heterocycles. The molecule has 0 aliphatic carbocycles. The molecule has 122 valence electrons. The lowest BCUT2D eigenvalue weighted by Crippen LogP contribution is -2.29. The topological polar surface area (TPSA) is 88.8 Å². The van der Waals surface area contributed by atoms with Crippen molar-refractivity contribution in [3.8, 4) is 5.75 Å². The molecule has 1 amide bonds. The molecule has 0 saturated carbocycles. The number of carbonyl (C=O) groups excluding carboxylic acids is 1. The average Bonchev–Trinajstić information content (AvgIpc) is 2.83. The Bertz CT molecular complexity index is 710. The van der Waals surface area contributed by atoms with Gasteiger partial charge in [0.05, 0.1) is 18.4 Å². The smallest absolute Gasteiger partial charge is 0.311 e. The Morgan fingerprint density at radius 3 is 2.87 bits per heavy atom. The summed E-state index contributed by atoms with van der Waals surface area (Å²) in [6, 6.07) is 5.68. The average molecular weight is 321 g/mol. The summed E-state index contributed by atoms with van der Waals surface area (Å²) in [7, 11) is 0. The molecule has 0 fully saturated rings. The van der Waals surface area contributed by atoms with Crippen LogP contribution >= 0.6 is 0 Å². The van der Waals surface area contributed by atoms with Crippen LogP contribution in [0.5, 0.6) is 5.75 Å². The summed E-state index contributed by atoms with van der Waals surface area (Å²) >= 11 is 0. The largest absolute Gasteiger partial charge is 0.492 e. The molecule has 7 heteroatoms. The maximum atomic E-state index is 13.0. The molecule has 0 atom stereocenters. The molecule has 6 nitrogen and oxygen atoms in total. The molecular formula is C16H16FNO5. The Hall–Kier alpha value is -2.83. The number of aryl methyl sites for hydroxylation is 1. The zero-order chi connectivity index (χ0) is 16.8. The van der Waals surface area contributed by atoms with E-state index in [1.807, 2.05) is 0 Å². The first-order valence-electron chi connectivity index (χ1n) is 6.92. The number of hydrogen-bond donors (Lipinski definition) is 2. The predicted octanol–water partition coefficient (Wildman–Crippen LogP) is 2.16. The summed E-state index contributed by atoms with van der Waals surface area (Å²) in [5.74, 6) is -1.44. The van der Waals surface area contributed by atoms with Gasteiger partial charge in [-0.25, -0.2) is 4.39 Å². The van der Waals surface area contributed by atoms with E-state index in [2.05, 4.69) is 5.32 Å². The molecule has 0 spiro atoms. The van der Waals surface area contributed by atoms with Crippen LogP contribution < -0.4 is 10.1 Å². The van der Waals surface area contributed by atoms with E-state index in [-0.39, 0.29) is 30.9 Å². The Morgan fingerprint density at radius 2 is 2.17 bits per heavy atom. The lowest BCUT2D eigenvalue weighted by atomic mass is 10.1. The van der Waals surface area contributed by atoms with Crippen LogP contribution in [0.1, 0.15) is 21.7 Å². The van der Waals surface area contributed by atoms with Gasteiger partial charge in [-0.1, -0.05) is 6.07 Å². The molecular weight excluding hydrogens is 305 g/mol. The Labute approximate surface area is 131 Å². The third kappa shape index (κ3) is 4.57. The summed E-state index contributed by atoms with van der Waals surface area (Å²) in [4.78, 5) is 22.9. The third-order valence-electron chi connectivity index (χ3n) is 3.04. The van der Waals surface area contributed by atoms with Crippen molar-refractivity contribution in [1.82, 2.24) is 5.32 Å². The minimum absolute atomic E-state index is 0.110. The van der Waals surface area contributed by atoms with Gasteiger partial charge in [-0.05, 0) is 19.1 Å². The van der Waals surface area contributed by atoms with Crippen molar-refractivity contribution in [2.45, 2.75) is 13.3 Å². The van der Waals surface area contributed by atoms with E-state index in [1.54, 1.807) is 13.0 Å². The van der Waals surface area contributed by atoms with Crippen molar-refractivity contribution in [1.29, 1.82) is 0 Å². The van der Waals surface area contributed by atoms with E-state index < -0.39 is 17.7 Å². The molecule has 1 aromatic carbocycles. The highest BCUT2D eigenvalue weighted by Crippen LogP contribution is 2.17. The standard InChI is InChI=1S/C16H16FNO5/c1-10-9-23-13(8-14(19)20)15(10)16(21)18-5-6-22-12-4-2-3-11(17)7-12/h2-4,7,9H,5-6,8H2,1H3,(H,18,21)(H,19,20). The van der Waals surface area contributed by atoms with Gasteiger partial charge in [0, 0.05) is 11.6 Å². The number of amides is 1. The number of carboxylic acid groups (broad SMARTS) is 1. The lowest BCUT2D eigenvalue weighted by Gasteiger charge is -2.08. The van der Waals surface area contributed by atoms with Gasteiger partial charge >= 0.3 is 5.97 Å². The fraction of sp³-hybridized carbons (Fsp3) is 0.250. The molecule has 0 saturated heterocycles. The number of rotatable bonds is 7. The van der Waals surface area contributed by atoms with Crippen LogP contribution in [0.3, 0.4) is 0 Å². The van der Waals surface area contributed by atoms with Crippen molar-refractivity contribution in [3.05, 3.63) is 53.2 Å². The quantitative estimate of drug-likeness (QED) is 0.763. The number of hydrogen-bond acceptors (Lipinski definition) is 4. The van der Waals surface area contributed by atoms with Crippen LogP contribution in [-0.4, -0.2) is 30.1 Å². The number of furan rings is 1. The van der Waals surface area contributed by atoms with Gasteiger partial charge in [0.25, 0.3) is 5.91 Å². The maximum absolute atomic E-state index is 13.0. The Morgan fingerprint density at radius 1 is 1.39 bits per heavy atom. The van der Waals surface area contributed by atoms with Crippen molar-refractivity contribution in [2.75, 3.05) is 13.2 Å². The zero-order valence-electron chi connectivity index (χ0n) is 12.5. The second-order valence-corrected chi connectivity index (χ2v) is 4.85. The molecule has 0 bridgehead atoms. The summed E-state index contributed by atoms with van der Waals surface area (Å²) in [5.41, 5.74) is 0.781. The predicted molar refractivity (Wildman–Crippen MR) is 79.0 cm³/mol. The van der Waals surface area contributed by atoms with Crippen LogP contribution in [0.25, 0.3) is 0 Å². The molecule has 0 aliphatic rings. The summed E-state index contributed by atoms with van der Waals surface area (Å²) in [5, 5.41) is 11.4. The van der Waals surface area contributed by atoms with Gasteiger partial charge in [0.2, 0.25) is 0 Å². The van der Waals surface area contributed by atoms with Gasteiger partial charge in [-0.15, -0.1) is 0 Å². The van der Waals surface area contributed by atoms with Crippen molar-refractivity contribution in [2.24, 2.45) is 0 Å². The normalized spacial score (nSPS) is 10.3. The lowest BCUT2D eigenvalue weighted by molar-refractivity contribution is -0.136. The van der Waals surface area contributed by atoms with E-state index in [0.717, 1.165) is 0 Å². The third-order valence-corrected chi connectivity index (χ3v) is 3.04. The Kier molecular flexibility index (Phi) is 5.35. The van der Waals surface area contributed by atoms with Gasteiger partial charge in [0.1, 0.15) is 30.4 Å². The first-order chi connectivity index (χ1) is 11.0. The van der Waals surface area contributed by atoms with Crippen LogP contribution in [0.2, 0.25) is 0 Å². The highest BCUT2D eigenvalue weighted by atomic mass is 19.1. The number of nitrogens with one attached hydrogen (secondary N) is 1. The summed E-state index contributed by atoms with van der Waals surface area (Å²) < 4.78 is 23.4. The summed E-state index contributed by atoms with van der Waals surface area (Å²) in [6.07, 6.45) is 0.979. The highest BCUT2D eigenvalue weighted by Gasteiger charge is 2.20. The minimum atomic E-state index is -1.08. The molecule has 1 heterocycles. The van der Waals surface area contributed by atoms with Crippen LogP contribution in [0, 0.1) is 12.7 Å². The van der Waals surface area contributed by atoms with Gasteiger partial charge in [-0.3, -0.25) is 9.59 Å². The Balaban J connectivity index is 1.88. The van der Waals surface area contributed by atoms with E-state index >= 15 is 0 Å². The molecule has 2 aromatic rings. The minimum Gasteiger partial charge on any atom is -0.492 e. The number of aliphatic carboxylic acids is 1. The van der Waals surface area contributed by atoms with Crippen LogP contribution in [0.4, 0.5) is 4.39 Å². The number of benzene rings is 1. The molecule has 2 rings (SSSR count). The highest BCUT2D eigenvalue weighted by molar-refractivity contribution is 5.97. The van der Waals surface area contributed by atoms with Gasteiger partial charge in [-0.2, -0.15) is 0 Å². The van der Waals surface area contributed by atoms with E-state index in [1.165, 1.54) is 24.5 Å². The van der Waals surface area contributed by atoms with Crippen LogP contribution in [0.15, 0.2) is 34.9 Å². The van der Waals surface area contributed by atoms with Crippen molar-refractivity contribution >= 4 is 11.9 Å². The maximum Gasteiger partial charge on any atom is 0.311 e. The molecule has 0 radical (unpaired) electrons. The monoisotopic (exact) mass is 321 g/mol. The molecule has 23 heavy (non-hydrogen) atoms. The molecule has 2 N–H and O–H groups in total. The number of carbonyl (C=O) groups is 2. The fourth-order valence-electron chi connectivity index (χ4n) is 2.05. The van der Waals surface area contributed by atoms with E-state index in [4.69, 9.17) is 14.3 Å².